The summed E-state index contributed by atoms with van der Waals surface area (Å²) in [6.07, 6.45) is 2.07. The van der Waals surface area contributed by atoms with Crippen LogP contribution in [0.15, 0.2) is 12.1 Å². The molecule has 1 aliphatic rings. The third-order valence-electron chi connectivity index (χ3n) is 4.43. The number of nitrogens with zero attached hydrogens (tertiary/aromatic N) is 2. The Morgan fingerprint density at radius 1 is 1.27 bits per heavy atom. The number of carbonyl (C=O) groups excluding carboxylic acids is 1. The number of likely N-dealkylation sites (N-methyl/N-ethyl adjacent to an activating group) is 1. The smallest absolute Gasteiger partial charge is 0.241 e. The molecule has 1 saturated heterocycles. The minimum Gasteiger partial charge on any atom is -0.324 e. The molecular formula is C18H29N3O. The average molecular weight is 303 g/mol. The first-order valence-electron chi connectivity index (χ1n) is 8.16. The number of likely N-dealkylation sites (tertiary alicyclic amines) is 1. The van der Waals surface area contributed by atoms with Crippen LogP contribution in [0.2, 0.25) is 0 Å². The molecule has 4 nitrogen and oxygen atoms in total. The highest BCUT2D eigenvalue weighted by atomic mass is 16.2. The molecule has 1 atom stereocenters. The monoisotopic (exact) mass is 303 g/mol. The lowest BCUT2D eigenvalue weighted by molar-refractivity contribution is -0.120. The van der Waals surface area contributed by atoms with Crippen molar-refractivity contribution in [3.8, 4) is 0 Å². The van der Waals surface area contributed by atoms with Crippen LogP contribution in [0.3, 0.4) is 0 Å². The molecule has 1 aliphatic heterocycles. The van der Waals surface area contributed by atoms with E-state index >= 15 is 0 Å². The number of carbonyl (C=O) groups is 1. The molecule has 0 radical (unpaired) electrons. The molecule has 1 aromatic rings. The number of benzene rings is 1. The predicted molar refractivity (Wildman–Crippen MR) is 92.4 cm³/mol. The molecule has 0 aliphatic carbocycles. The Labute approximate surface area is 134 Å². The van der Waals surface area contributed by atoms with Gasteiger partial charge in [-0.15, -0.1) is 0 Å². The second-order valence-corrected chi connectivity index (χ2v) is 6.76. The van der Waals surface area contributed by atoms with Crippen molar-refractivity contribution in [2.75, 3.05) is 39.0 Å². The van der Waals surface area contributed by atoms with E-state index in [0.29, 0.717) is 0 Å². The summed E-state index contributed by atoms with van der Waals surface area (Å²) in [5.41, 5.74) is 4.50. The van der Waals surface area contributed by atoms with Crippen LogP contribution in [0.1, 0.15) is 29.5 Å². The highest BCUT2D eigenvalue weighted by molar-refractivity contribution is 5.96. The first-order chi connectivity index (χ1) is 10.4. The molecular weight excluding hydrogens is 274 g/mol. The maximum absolute atomic E-state index is 12.7. The number of nitrogens with one attached hydrogen (secondary N) is 1. The fourth-order valence-electron chi connectivity index (χ4n) is 3.30. The lowest BCUT2D eigenvalue weighted by Crippen LogP contribution is -2.42. The van der Waals surface area contributed by atoms with Crippen molar-refractivity contribution < 1.29 is 4.79 Å². The maximum Gasteiger partial charge on any atom is 0.241 e. The summed E-state index contributed by atoms with van der Waals surface area (Å²) in [6, 6.07) is 4.27. The maximum atomic E-state index is 12.7. The Bertz CT molecular complexity index is 516. The zero-order valence-electron chi connectivity index (χ0n) is 14.6. The van der Waals surface area contributed by atoms with Crippen molar-refractivity contribution in [3.63, 3.8) is 0 Å². The quantitative estimate of drug-likeness (QED) is 0.908. The van der Waals surface area contributed by atoms with Crippen molar-refractivity contribution in [1.82, 2.24) is 9.80 Å². The van der Waals surface area contributed by atoms with Gasteiger partial charge < -0.3 is 10.2 Å². The number of hydrogen-bond acceptors (Lipinski definition) is 3. The predicted octanol–water partition coefficient (Wildman–Crippen LogP) is 2.58. The third-order valence-corrected chi connectivity index (χ3v) is 4.43. The van der Waals surface area contributed by atoms with E-state index in [4.69, 9.17) is 0 Å². The molecule has 4 heteroatoms. The van der Waals surface area contributed by atoms with Gasteiger partial charge in [0.05, 0.1) is 6.04 Å². The summed E-state index contributed by atoms with van der Waals surface area (Å²) in [7, 11) is 4.15. The molecule has 1 heterocycles. The van der Waals surface area contributed by atoms with Crippen LogP contribution in [0, 0.1) is 20.8 Å². The van der Waals surface area contributed by atoms with Crippen LogP contribution in [-0.2, 0) is 4.79 Å². The van der Waals surface area contributed by atoms with Gasteiger partial charge in [0, 0.05) is 18.8 Å². The summed E-state index contributed by atoms with van der Waals surface area (Å²) in [5, 5.41) is 3.17. The van der Waals surface area contributed by atoms with Crippen LogP contribution in [-0.4, -0.2) is 55.5 Å². The summed E-state index contributed by atoms with van der Waals surface area (Å²) in [5.74, 6) is 0.145. The summed E-state index contributed by atoms with van der Waals surface area (Å²) >= 11 is 0. The number of anilines is 1. The lowest BCUT2D eigenvalue weighted by Gasteiger charge is -2.25. The van der Waals surface area contributed by atoms with E-state index in [1.165, 1.54) is 5.56 Å². The second kappa shape index (κ2) is 7.25. The zero-order chi connectivity index (χ0) is 16.3. The summed E-state index contributed by atoms with van der Waals surface area (Å²) in [4.78, 5) is 17.2. The number of hydrogen-bond donors (Lipinski definition) is 1. The highest BCUT2D eigenvalue weighted by Gasteiger charge is 2.30. The number of amides is 1. The topological polar surface area (TPSA) is 35.6 Å². The standard InChI is InChI=1S/C18H29N3O/c1-13-11-14(2)17(15(3)12-13)19-18(22)16-7-6-8-21(16)10-9-20(4)5/h11-12,16H,6-10H2,1-5H3,(H,19,22)/t16-/m0/s1. The van der Waals surface area contributed by atoms with Gasteiger partial charge in [-0.25, -0.2) is 0 Å². The minimum absolute atomic E-state index is 0.0139. The number of rotatable bonds is 5. The van der Waals surface area contributed by atoms with Gasteiger partial charge in [0.2, 0.25) is 5.91 Å². The van der Waals surface area contributed by atoms with Crippen LogP contribution < -0.4 is 5.32 Å². The SMILES string of the molecule is Cc1cc(C)c(NC(=O)[C@@H]2CCCN2CCN(C)C)c(C)c1. The van der Waals surface area contributed by atoms with Crippen molar-refractivity contribution in [2.24, 2.45) is 0 Å². The van der Waals surface area contributed by atoms with Crippen molar-refractivity contribution in [1.29, 1.82) is 0 Å². The normalized spacial score (nSPS) is 18.9. The third kappa shape index (κ3) is 4.08. The van der Waals surface area contributed by atoms with Crippen LogP contribution >= 0.6 is 0 Å². The first-order valence-corrected chi connectivity index (χ1v) is 8.16. The second-order valence-electron chi connectivity index (χ2n) is 6.76. The number of aryl methyl sites for hydroxylation is 3. The van der Waals surface area contributed by atoms with E-state index in [0.717, 1.165) is 49.3 Å². The molecule has 22 heavy (non-hydrogen) atoms. The van der Waals surface area contributed by atoms with E-state index in [2.05, 4.69) is 62.1 Å². The largest absolute Gasteiger partial charge is 0.324 e. The Balaban J connectivity index is 2.05. The van der Waals surface area contributed by atoms with Gasteiger partial charge in [-0.05, 0) is 65.4 Å². The Morgan fingerprint density at radius 2 is 1.91 bits per heavy atom. The molecule has 0 bridgehead atoms. The van der Waals surface area contributed by atoms with E-state index in [1.807, 2.05) is 0 Å². The van der Waals surface area contributed by atoms with Gasteiger partial charge >= 0.3 is 0 Å². The van der Waals surface area contributed by atoms with E-state index in [9.17, 15) is 4.79 Å². The lowest BCUT2D eigenvalue weighted by atomic mass is 10.0. The van der Waals surface area contributed by atoms with Crippen molar-refractivity contribution in [3.05, 3.63) is 28.8 Å². The Morgan fingerprint density at radius 3 is 2.50 bits per heavy atom. The molecule has 0 unspecified atom stereocenters. The molecule has 122 valence electrons. The minimum atomic E-state index is 0.0139. The highest BCUT2D eigenvalue weighted by Crippen LogP contribution is 2.24. The van der Waals surface area contributed by atoms with Crippen molar-refractivity contribution in [2.45, 2.75) is 39.7 Å². The van der Waals surface area contributed by atoms with Gasteiger partial charge in [0.1, 0.15) is 0 Å². The zero-order valence-corrected chi connectivity index (χ0v) is 14.6. The van der Waals surface area contributed by atoms with Crippen LogP contribution in [0.4, 0.5) is 5.69 Å². The summed E-state index contributed by atoms with van der Waals surface area (Å²) < 4.78 is 0. The molecule has 2 rings (SSSR count). The van der Waals surface area contributed by atoms with Gasteiger partial charge in [-0.2, -0.15) is 0 Å². The van der Waals surface area contributed by atoms with Gasteiger partial charge in [0.15, 0.2) is 0 Å². The molecule has 0 aromatic heterocycles. The van der Waals surface area contributed by atoms with Gasteiger partial charge in [-0.1, -0.05) is 17.7 Å². The first kappa shape index (κ1) is 17.0. The van der Waals surface area contributed by atoms with E-state index in [-0.39, 0.29) is 11.9 Å². The van der Waals surface area contributed by atoms with E-state index in [1.54, 1.807) is 0 Å². The van der Waals surface area contributed by atoms with Gasteiger partial charge in [0.25, 0.3) is 0 Å². The fourth-order valence-corrected chi connectivity index (χ4v) is 3.30. The fraction of sp³-hybridized carbons (Fsp3) is 0.611. The molecule has 1 aromatic carbocycles. The Kier molecular flexibility index (Phi) is 5.59. The van der Waals surface area contributed by atoms with Crippen LogP contribution in [0.5, 0.6) is 0 Å². The van der Waals surface area contributed by atoms with Crippen molar-refractivity contribution >= 4 is 11.6 Å². The average Bonchev–Trinajstić information content (AvgIpc) is 2.88. The summed E-state index contributed by atoms with van der Waals surface area (Å²) in [6.45, 7) is 9.19. The Hall–Kier alpha value is -1.39. The molecule has 1 amide bonds. The van der Waals surface area contributed by atoms with Gasteiger partial charge in [-0.3, -0.25) is 9.69 Å². The molecule has 0 saturated carbocycles. The molecule has 0 spiro atoms. The van der Waals surface area contributed by atoms with E-state index < -0.39 is 0 Å². The molecule has 1 N–H and O–H groups in total. The molecule has 1 fully saturated rings. The van der Waals surface area contributed by atoms with Crippen LogP contribution in [0.25, 0.3) is 0 Å².